The van der Waals surface area contributed by atoms with Crippen LogP contribution in [0.2, 0.25) is 0 Å². The van der Waals surface area contributed by atoms with Gasteiger partial charge in [0.1, 0.15) is 11.8 Å². The van der Waals surface area contributed by atoms with Crippen molar-refractivity contribution in [1.82, 2.24) is 0 Å². The largest absolute Gasteiger partial charge is 0.495 e. The molecule has 2 rings (SSSR count). The fourth-order valence-electron chi connectivity index (χ4n) is 1.74. The fraction of sp³-hybridized carbons (Fsp3) is 0.267. The highest BCUT2D eigenvalue weighted by Crippen LogP contribution is 2.19. The maximum Gasteiger partial charge on any atom is 0.136 e. The second-order valence-electron chi connectivity index (χ2n) is 4.03. The first-order valence-corrected chi connectivity index (χ1v) is 6.88. The monoisotopic (exact) mass is 273 g/mol. The minimum atomic E-state index is 0.535. The predicted octanol–water partition coefficient (Wildman–Crippen LogP) is 3.39. The van der Waals surface area contributed by atoms with Crippen LogP contribution >= 0.6 is 11.3 Å². The standard InChI is InChI=1S/C15H15NO2S/c1-17-15-9-12(4-5-13(15)10-16)11-18-7-6-14-3-2-8-19-14/h2-5,8-9H,6-7,11H2,1H3. The van der Waals surface area contributed by atoms with Gasteiger partial charge in [0.2, 0.25) is 0 Å². The van der Waals surface area contributed by atoms with Gasteiger partial charge in [0, 0.05) is 11.3 Å². The first-order valence-electron chi connectivity index (χ1n) is 6.00. The zero-order valence-electron chi connectivity index (χ0n) is 10.8. The summed E-state index contributed by atoms with van der Waals surface area (Å²) < 4.78 is 10.8. The summed E-state index contributed by atoms with van der Waals surface area (Å²) in [5.41, 5.74) is 1.56. The van der Waals surface area contributed by atoms with Gasteiger partial charge in [-0.15, -0.1) is 11.3 Å². The molecule has 0 aliphatic heterocycles. The Morgan fingerprint density at radius 2 is 2.21 bits per heavy atom. The Kier molecular flexibility index (Phi) is 4.96. The van der Waals surface area contributed by atoms with E-state index in [2.05, 4.69) is 17.5 Å². The summed E-state index contributed by atoms with van der Waals surface area (Å²) in [4.78, 5) is 1.33. The molecule has 0 fully saturated rings. The summed E-state index contributed by atoms with van der Waals surface area (Å²) in [6.07, 6.45) is 0.936. The van der Waals surface area contributed by atoms with Gasteiger partial charge >= 0.3 is 0 Å². The minimum absolute atomic E-state index is 0.535. The van der Waals surface area contributed by atoms with E-state index in [0.29, 0.717) is 24.5 Å². The minimum Gasteiger partial charge on any atom is -0.495 e. The van der Waals surface area contributed by atoms with Gasteiger partial charge in [0.05, 0.1) is 25.9 Å². The van der Waals surface area contributed by atoms with E-state index in [1.165, 1.54) is 4.88 Å². The molecule has 0 unspecified atom stereocenters. The van der Waals surface area contributed by atoms with Crippen LogP contribution in [0.1, 0.15) is 16.0 Å². The van der Waals surface area contributed by atoms with Gasteiger partial charge in [-0.1, -0.05) is 12.1 Å². The number of ether oxygens (including phenoxy) is 2. The van der Waals surface area contributed by atoms with Crippen molar-refractivity contribution in [2.75, 3.05) is 13.7 Å². The Bertz CT molecular complexity index is 558. The molecular weight excluding hydrogens is 258 g/mol. The van der Waals surface area contributed by atoms with Crippen molar-refractivity contribution in [3.05, 3.63) is 51.7 Å². The van der Waals surface area contributed by atoms with Crippen molar-refractivity contribution in [1.29, 1.82) is 5.26 Å². The predicted molar refractivity (Wildman–Crippen MR) is 75.4 cm³/mol. The topological polar surface area (TPSA) is 42.2 Å². The van der Waals surface area contributed by atoms with Crippen molar-refractivity contribution >= 4 is 11.3 Å². The summed E-state index contributed by atoms with van der Waals surface area (Å²) in [5, 5.41) is 11.0. The van der Waals surface area contributed by atoms with Crippen LogP contribution in [-0.2, 0) is 17.8 Å². The van der Waals surface area contributed by atoms with Crippen LogP contribution in [0.25, 0.3) is 0 Å². The number of nitriles is 1. The third kappa shape index (κ3) is 3.82. The highest BCUT2D eigenvalue weighted by atomic mass is 32.1. The molecule has 1 heterocycles. The van der Waals surface area contributed by atoms with Gasteiger partial charge in [-0.2, -0.15) is 5.26 Å². The molecule has 0 aliphatic carbocycles. The molecule has 0 N–H and O–H groups in total. The van der Waals surface area contributed by atoms with Crippen molar-refractivity contribution in [3.8, 4) is 11.8 Å². The molecule has 1 aromatic carbocycles. The summed E-state index contributed by atoms with van der Waals surface area (Å²) in [6, 6.07) is 11.8. The molecule has 1 aromatic heterocycles. The Balaban J connectivity index is 1.84. The lowest BCUT2D eigenvalue weighted by Gasteiger charge is -2.07. The van der Waals surface area contributed by atoms with Crippen LogP contribution < -0.4 is 4.74 Å². The number of benzene rings is 1. The first kappa shape index (κ1) is 13.6. The molecule has 3 nitrogen and oxygen atoms in total. The van der Waals surface area contributed by atoms with Gasteiger partial charge in [0.25, 0.3) is 0 Å². The van der Waals surface area contributed by atoms with E-state index < -0.39 is 0 Å². The van der Waals surface area contributed by atoms with Crippen LogP contribution in [0.5, 0.6) is 5.75 Å². The number of hydrogen-bond acceptors (Lipinski definition) is 4. The highest BCUT2D eigenvalue weighted by molar-refractivity contribution is 7.09. The smallest absolute Gasteiger partial charge is 0.136 e. The lowest BCUT2D eigenvalue weighted by atomic mass is 10.1. The third-order valence-electron chi connectivity index (χ3n) is 2.73. The number of thiophene rings is 1. The Labute approximate surface area is 117 Å². The Morgan fingerprint density at radius 3 is 2.89 bits per heavy atom. The molecular formula is C15H15NO2S. The summed E-state index contributed by atoms with van der Waals surface area (Å²) in [6.45, 7) is 1.23. The average molecular weight is 273 g/mol. The number of hydrogen-bond donors (Lipinski definition) is 0. The first-order chi connectivity index (χ1) is 9.33. The van der Waals surface area contributed by atoms with Crippen LogP contribution in [0.15, 0.2) is 35.7 Å². The van der Waals surface area contributed by atoms with Gasteiger partial charge < -0.3 is 9.47 Å². The molecule has 98 valence electrons. The molecule has 0 aliphatic rings. The van der Waals surface area contributed by atoms with E-state index in [9.17, 15) is 0 Å². The summed E-state index contributed by atoms with van der Waals surface area (Å²) >= 11 is 1.74. The third-order valence-corrected chi connectivity index (χ3v) is 3.66. The zero-order chi connectivity index (χ0) is 13.5. The normalized spacial score (nSPS) is 10.1. The van der Waals surface area contributed by atoms with Crippen LogP contribution in [-0.4, -0.2) is 13.7 Å². The van der Waals surface area contributed by atoms with E-state index >= 15 is 0 Å². The molecule has 0 amide bonds. The molecule has 0 radical (unpaired) electrons. The van der Waals surface area contributed by atoms with Gasteiger partial charge in [-0.25, -0.2) is 0 Å². The van der Waals surface area contributed by atoms with Gasteiger partial charge in [-0.05, 0) is 29.1 Å². The van der Waals surface area contributed by atoms with Crippen molar-refractivity contribution in [3.63, 3.8) is 0 Å². The number of nitrogens with zero attached hydrogens (tertiary/aromatic N) is 1. The molecule has 19 heavy (non-hydrogen) atoms. The van der Waals surface area contributed by atoms with Crippen LogP contribution in [0.3, 0.4) is 0 Å². The lowest BCUT2D eigenvalue weighted by Crippen LogP contribution is -1.99. The second-order valence-corrected chi connectivity index (χ2v) is 5.06. The van der Waals surface area contributed by atoms with E-state index in [1.807, 2.05) is 18.2 Å². The summed E-state index contributed by atoms with van der Waals surface area (Å²) in [5.74, 6) is 0.599. The van der Waals surface area contributed by atoms with E-state index in [1.54, 1.807) is 24.5 Å². The molecule has 4 heteroatoms. The Hall–Kier alpha value is -1.83. The summed E-state index contributed by atoms with van der Waals surface area (Å²) in [7, 11) is 1.57. The average Bonchev–Trinajstić information content (AvgIpc) is 2.96. The molecule has 0 saturated heterocycles. The van der Waals surface area contributed by atoms with Crippen LogP contribution in [0.4, 0.5) is 0 Å². The van der Waals surface area contributed by atoms with Crippen molar-refractivity contribution < 1.29 is 9.47 Å². The molecule has 2 aromatic rings. The van der Waals surface area contributed by atoms with E-state index in [4.69, 9.17) is 14.7 Å². The van der Waals surface area contributed by atoms with E-state index in [-0.39, 0.29) is 0 Å². The molecule has 0 spiro atoms. The lowest BCUT2D eigenvalue weighted by molar-refractivity contribution is 0.124. The number of methoxy groups -OCH3 is 1. The number of rotatable bonds is 6. The molecule has 0 saturated carbocycles. The fourth-order valence-corrected chi connectivity index (χ4v) is 2.43. The SMILES string of the molecule is COc1cc(COCCc2cccs2)ccc1C#N. The molecule has 0 bridgehead atoms. The van der Waals surface area contributed by atoms with Crippen molar-refractivity contribution in [2.24, 2.45) is 0 Å². The maximum atomic E-state index is 8.90. The van der Waals surface area contributed by atoms with E-state index in [0.717, 1.165) is 12.0 Å². The quantitative estimate of drug-likeness (QED) is 0.758. The Morgan fingerprint density at radius 1 is 1.32 bits per heavy atom. The van der Waals surface area contributed by atoms with Gasteiger partial charge in [0.15, 0.2) is 0 Å². The van der Waals surface area contributed by atoms with Gasteiger partial charge in [-0.3, -0.25) is 0 Å². The second kappa shape index (κ2) is 6.93. The maximum absolute atomic E-state index is 8.90. The molecule has 0 atom stereocenters. The van der Waals surface area contributed by atoms with Crippen molar-refractivity contribution in [2.45, 2.75) is 13.0 Å². The highest BCUT2D eigenvalue weighted by Gasteiger charge is 2.03. The van der Waals surface area contributed by atoms with Crippen LogP contribution in [0, 0.1) is 11.3 Å². The zero-order valence-corrected chi connectivity index (χ0v) is 11.6.